The second-order valence-corrected chi connectivity index (χ2v) is 8.40. The summed E-state index contributed by atoms with van der Waals surface area (Å²) in [5.41, 5.74) is 1.47. The van der Waals surface area contributed by atoms with Crippen LogP contribution < -0.4 is 5.32 Å². The Morgan fingerprint density at radius 1 is 1.27 bits per heavy atom. The average Bonchev–Trinajstić information content (AvgIpc) is 2.86. The normalized spacial score (nSPS) is 21.9. The molecule has 1 unspecified atom stereocenters. The Morgan fingerprint density at radius 3 is 2.69 bits per heavy atom. The van der Waals surface area contributed by atoms with Crippen molar-refractivity contribution in [2.24, 2.45) is 5.41 Å². The first-order valence-electron chi connectivity index (χ1n) is 9.94. The molecule has 2 amide bonds. The van der Waals surface area contributed by atoms with Gasteiger partial charge in [0, 0.05) is 31.1 Å². The Bertz CT molecular complexity index is 530. The predicted octanol–water partition coefficient (Wildman–Crippen LogP) is 3.09. The van der Waals surface area contributed by atoms with E-state index in [2.05, 4.69) is 25.2 Å². The lowest BCUT2D eigenvalue weighted by molar-refractivity contribution is -0.138. The van der Waals surface area contributed by atoms with Crippen LogP contribution in [0.1, 0.15) is 58.8 Å². The van der Waals surface area contributed by atoms with E-state index in [4.69, 9.17) is 5.11 Å². The largest absolute Gasteiger partial charge is 0.480 e. The minimum absolute atomic E-state index is 0.00612. The highest BCUT2D eigenvalue weighted by molar-refractivity contribution is 5.74. The molecule has 2 N–H and O–H groups in total. The number of amides is 2. The molecule has 0 aromatic rings. The second kappa shape index (κ2) is 9.40. The molecule has 1 heterocycles. The molecule has 6 heteroatoms. The number of carboxylic acids is 1. The third kappa shape index (κ3) is 6.01. The fraction of sp³-hybridized carbons (Fsp3) is 0.800. The number of rotatable bonds is 6. The van der Waals surface area contributed by atoms with Crippen LogP contribution in [0.3, 0.4) is 0 Å². The SMILES string of the molecule is CN(CC(=O)O)C1CCCN(C(=O)NCC(C)(C)C2=CCCCC2)CC1. The molecular weight excluding hydrogens is 330 g/mol. The van der Waals surface area contributed by atoms with Crippen LogP contribution in [0.25, 0.3) is 0 Å². The van der Waals surface area contributed by atoms with Crippen LogP contribution in [-0.2, 0) is 4.79 Å². The van der Waals surface area contributed by atoms with Crippen molar-refractivity contribution < 1.29 is 14.7 Å². The zero-order valence-corrected chi connectivity index (χ0v) is 16.6. The summed E-state index contributed by atoms with van der Waals surface area (Å²) >= 11 is 0. The molecule has 1 fully saturated rings. The van der Waals surface area contributed by atoms with Gasteiger partial charge in [0.25, 0.3) is 0 Å². The summed E-state index contributed by atoms with van der Waals surface area (Å²) in [5.74, 6) is -0.800. The van der Waals surface area contributed by atoms with Gasteiger partial charge in [-0.15, -0.1) is 0 Å². The van der Waals surface area contributed by atoms with E-state index in [1.54, 1.807) is 0 Å². The van der Waals surface area contributed by atoms with Crippen molar-refractivity contribution in [3.05, 3.63) is 11.6 Å². The number of nitrogens with one attached hydrogen (secondary N) is 1. The second-order valence-electron chi connectivity index (χ2n) is 8.40. The highest BCUT2D eigenvalue weighted by Gasteiger charge is 2.27. The highest BCUT2D eigenvalue weighted by atomic mass is 16.4. The fourth-order valence-corrected chi connectivity index (χ4v) is 4.04. The third-order valence-corrected chi connectivity index (χ3v) is 5.83. The Kier molecular flexibility index (Phi) is 7.50. The summed E-state index contributed by atoms with van der Waals surface area (Å²) in [6, 6.07) is 0.240. The summed E-state index contributed by atoms with van der Waals surface area (Å²) < 4.78 is 0. The minimum Gasteiger partial charge on any atom is -0.480 e. The number of likely N-dealkylation sites (tertiary alicyclic amines) is 1. The van der Waals surface area contributed by atoms with Crippen molar-refractivity contribution in [3.63, 3.8) is 0 Å². The smallest absolute Gasteiger partial charge is 0.317 e. The van der Waals surface area contributed by atoms with E-state index in [1.807, 2.05) is 16.8 Å². The zero-order valence-electron chi connectivity index (χ0n) is 16.6. The number of hydrogen-bond donors (Lipinski definition) is 2. The fourth-order valence-electron chi connectivity index (χ4n) is 4.04. The van der Waals surface area contributed by atoms with Crippen molar-refractivity contribution in [1.82, 2.24) is 15.1 Å². The third-order valence-electron chi connectivity index (χ3n) is 5.83. The molecule has 1 aliphatic heterocycles. The van der Waals surface area contributed by atoms with E-state index in [9.17, 15) is 9.59 Å². The molecule has 0 bridgehead atoms. The zero-order chi connectivity index (χ0) is 19.2. The van der Waals surface area contributed by atoms with E-state index in [0.717, 1.165) is 38.6 Å². The van der Waals surface area contributed by atoms with E-state index in [0.29, 0.717) is 13.1 Å². The molecule has 1 aliphatic carbocycles. The maximum absolute atomic E-state index is 12.6. The minimum atomic E-state index is -0.800. The quantitative estimate of drug-likeness (QED) is 0.710. The van der Waals surface area contributed by atoms with Crippen LogP contribution in [0.4, 0.5) is 4.79 Å². The van der Waals surface area contributed by atoms with Gasteiger partial charge in [0.2, 0.25) is 0 Å². The number of nitrogens with zero attached hydrogens (tertiary/aromatic N) is 2. The molecule has 0 aromatic carbocycles. The van der Waals surface area contributed by atoms with Crippen molar-refractivity contribution in [2.45, 2.75) is 64.8 Å². The van der Waals surface area contributed by atoms with Crippen LogP contribution in [0.2, 0.25) is 0 Å². The lowest BCUT2D eigenvalue weighted by atomic mass is 9.78. The number of carbonyl (C=O) groups excluding carboxylic acids is 1. The Hall–Kier alpha value is -1.56. The summed E-state index contributed by atoms with van der Waals surface area (Å²) in [6.07, 6.45) is 9.85. The van der Waals surface area contributed by atoms with Gasteiger partial charge >= 0.3 is 12.0 Å². The number of allylic oxidation sites excluding steroid dienone is 1. The van der Waals surface area contributed by atoms with Gasteiger partial charge in [-0.3, -0.25) is 9.69 Å². The lowest BCUT2D eigenvalue weighted by Gasteiger charge is -2.32. The first-order valence-corrected chi connectivity index (χ1v) is 9.94. The highest BCUT2D eigenvalue weighted by Crippen LogP contribution is 2.33. The molecule has 1 atom stereocenters. The molecule has 0 aromatic heterocycles. The van der Waals surface area contributed by atoms with Gasteiger partial charge in [-0.2, -0.15) is 0 Å². The van der Waals surface area contributed by atoms with Gasteiger partial charge in [-0.1, -0.05) is 25.5 Å². The number of hydrogen-bond acceptors (Lipinski definition) is 3. The van der Waals surface area contributed by atoms with Crippen LogP contribution >= 0.6 is 0 Å². The summed E-state index contributed by atoms with van der Waals surface area (Å²) in [4.78, 5) is 27.3. The van der Waals surface area contributed by atoms with Gasteiger partial charge in [0.1, 0.15) is 0 Å². The number of carboxylic acid groups (broad SMARTS) is 1. The van der Waals surface area contributed by atoms with E-state index in [1.165, 1.54) is 18.4 Å². The van der Waals surface area contributed by atoms with E-state index < -0.39 is 5.97 Å². The standard InChI is InChI=1S/C20H35N3O3/c1-20(2,16-8-5-4-6-9-16)15-21-19(26)23-12-7-10-17(11-13-23)22(3)14-18(24)25/h8,17H,4-7,9-15H2,1-3H3,(H,21,26)(H,24,25). The molecule has 1 saturated heterocycles. The average molecular weight is 366 g/mol. The molecule has 6 nitrogen and oxygen atoms in total. The topological polar surface area (TPSA) is 72.9 Å². The molecule has 2 rings (SSSR count). The van der Waals surface area contributed by atoms with Crippen LogP contribution in [-0.4, -0.2) is 66.2 Å². The van der Waals surface area contributed by atoms with E-state index >= 15 is 0 Å². The molecule has 26 heavy (non-hydrogen) atoms. The van der Waals surface area contributed by atoms with Crippen molar-refractivity contribution >= 4 is 12.0 Å². The van der Waals surface area contributed by atoms with E-state index in [-0.39, 0.29) is 24.0 Å². The Morgan fingerprint density at radius 2 is 2.04 bits per heavy atom. The summed E-state index contributed by atoms with van der Waals surface area (Å²) in [6.45, 7) is 6.57. The summed E-state index contributed by atoms with van der Waals surface area (Å²) in [5, 5.41) is 12.1. The molecule has 148 valence electrons. The van der Waals surface area contributed by atoms with Gasteiger partial charge in [-0.05, 0) is 52.0 Å². The maximum Gasteiger partial charge on any atom is 0.317 e. The number of aliphatic carboxylic acids is 1. The number of carbonyl (C=O) groups is 2. The predicted molar refractivity (Wildman–Crippen MR) is 103 cm³/mol. The Balaban J connectivity index is 1.82. The maximum atomic E-state index is 12.6. The Labute approximate surface area is 157 Å². The first-order chi connectivity index (χ1) is 12.3. The molecule has 0 radical (unpaired) electrons. The van der Waals surface area contributed by atoms with Gasteiger partial charge in [0.15, 0.2) is 0 Å². The summed E-state index contributed by atoms with van der Waals surface area (Å²) in [7, 11) is 1.86. The van der Waals surface area contributed by atoms with Crippen LogP contribution in [0, 0.1) is 5.41 Å². The van der Waals surface area contributed by atoms with Gasteiger partial charge < -0.3 is 15.3 Å². The van der Waals surface area contributed by atoms with Crippen molar-refractivity contribution in [1.29, 1.82) is 0 Å². The van der Waals surface area contributed by atoms with Crippen molar-refractivity contribution in [2.75, 3.05) is 33.2 Å². The molecule has 2 aliphatic rings. The molecule has 0 saturated carbocycles. The number of urea groups is 1. The van der Waals surface area contributed by atoms with Gasteiger partial charge in [0.05, 0.1) is 6.54 Å². The van der Waals surface area contributed by atoms with Crippen molar-refractivity contribution in [3.8, 4) is 0 Å². The molecule has 0 spiro atoms. The van der Waals surface area contributed by atoms with Crippen LogP contribution in [0.15, 0.2) is 11.6 Å². The first kappa shape index (κ1) is 20.7. The monoisotopic (exact) mass is 365 g/mol. The van der Waals surface area contributed by atoms with Crippen LogP contribution in [0.5, 0.6) is 0 Å². The number of likely N-dealkylation sites (N-methyl/N-ethyl adjacent to an activating group) is 1. The lowest BCUT2D eigenvalue weighted by Crippen LogP contribution is -2.45. The van der Waals surface area contributed by atoms with Gasteiger partial charge in [-0.25, -0.2) is 4.79 Å². The molecular formula is C20H35N3O3.